The zero-order valence-corrected chi connectivity index (χ0v) is 12.4. The predicted molar refractivity (Wildman–Crippen MR) is 82.1 cm³/mol. The molecule has 0 amide bonds. The third-order valence-corrected chi connectivity index (χ3v) is 3.98. The largest absolute Gasteiger partial charge is 0.493 e. The van der Waals surface area contributed by atoms with Gasteiger partial charge in [0.25, 0.3) is 5.56 Å². The van der Waals surface area contributed by atoms with Crippen LogP contribution >= 0.6 is 11.6 Å². The van der Waals surface area contributed by atoms with Gasteiger partial charge in [-0.1, -0.05) is 29.8 Å². The first-order valence-corrected chi connectivity index (χ1v) is 7.19. The second-order valence-electron chi connectivity index (χ2n) is 5.17. The Morgan fingerprint density at radius 1 is 1.48 bits per heavy atom. The van der Waals surface area contributed by atoms with Crippen LogP contribution in [0.15, 0.2) is 35.3 Å². The number of aryl methyl sites for hydroxylation is 1. The van der Waals surface area contributed by atoms with Crippen molar-refractivity contribution in [2.45, 2.75) is 6.42 Å². The Labute approximate surface area is 127 Å². The normalized spacial score (nSPS) is 17.0. The molecule has 21 heavy (non-hydrogen) atoms. The first kappa shape index (κ1) is 13.9. The van der Waals surface area contributed by atoms with E-state index in [0.29, 0.717) is 24.8 Å². The molecule has 0 fully saturated rings. The van der Waals surface area contributed by atoms with Crippen molar-refractivity contribution in [2.24, 2.45) is 13.0 Å². The van der Waals surface area contributed by atoms with Crippen molar-refractivity contribution in [3.8, 4) is 5.75 Å². The van der Waals surface area contributed by atoms with Crippen LogP contribution in [0.25, 0.3) is 0 Å². The highest BCUT2D eigenvalue weighted by atomic mass is 35.5. The molecule has 0 spiro atoms. The number of ether oxygens (including phenoxy) is 1. The lowest BCUT2D eigenvalue weighted by atomic mass is 9.97. The van der Waals surface area contributed by atoms with Crippen LogP contribution in [0.2, 0.25) is 5.02 Å². The van der Waals surface area contributed by atoms with Crippen molar-refractivity contribution < 1.29 is 4.74 Å². The maximum atomic E-state index is 11.7. The van der Waals surface area contributed by atoms with Crippen molar-refractivity contribution in [2.75, 3.05) is 18.5 Å². The van der Waals surface area contributed by atoms with Crippen molar-refractivity contribution in [1.29, 1.82) is 0 Å². The van der Waals surface area contributed by atoms with Crippen LogP contribution in [0.3, 0.4) is 0 Å². The average molecular weight is 306 g/mol. The lowest BCUT2D eigenvalue weighted by Gasteiger charge is -2.25. The molecule has 0 saturated carbocycles. The molecule has 5 nitrogen and oxygen atoms in total. The molecule has 2 heterocycles. The smallest absolute Gasteiger partial charge is 0.287 e. The molecule has 1 aromatic carbocycles. The van der Waals surface area contributed by atoms with Crippen LogP contribution in [0.4, 0.5) is 5.69 Å². The topological polar surface area (TPSA) is 56.1 Å². The molecule has 1 N–H and O–H groups in total. The lowest BCUT2D eigenvalue weighted by Crippen LogP contribution is -2.28. The molecule has 0 saturated heterocycles. The standard InChI is InChI=1S/C15H16ClN3O2/c1-19-15(20)14(16)12(8-18-19)17-7-10-6-11-4-2-3-5-13(11)21-9-10/h2-5,8,10,17H,6-7,9H2,1H3/t10-/m0/s1. The number of aromatic nitrogens is 2. The van der Waals surface area contributed by atoms with E-state index in [4.69, 9.17) is 16.3 Å². The van der Waals surface area contributed by atoms with E-state index in [2.05, 4.69) is 16.5 Å². The number of para-hydroxylation sites is 1. The number of hydrogen-bond donors (Lipinski definition) is 1. The molecule has 1 aliphatic heterocycles. The molecule has 1 aliphatic rings. The number of benzene rings is 1. The number of nitrogens with zero attached hydrogens (tertiary/aromatic N) is 2. The molecule has 0 bridgehead atoms. The molecule has 0 unspecified atom stereocenters. The molecule has 110 valence electrons. The summed E-state index contributed by atoms with van der Waals surface area (Å²) in [5, 5.41) is 7.33. The Balaban J connectivity index is 1.67. The quantitative estimate of drug-likeness (QED) is 0.943. The summed E-state index contributed by atoms with van der Waals surface area (Å²) in [7, 11) is 1.57. The van der Waals surface area contributed by atoms with Crippen molar-refractivity contribution >= 4 is 17.3 Å². The Bertz CT molecular complexity index is 714. The average Bonchev–Trinajstić information content (AvgIpc) is 2.52. The Hall–Kier alpha value is -2.01. The second kappa shape index (κ2) is 5.77. The van der Waals surface area contributed by atoms with E-state index in [9.17, 15) is 4.79 Å². The highest BCUT2D eigenvalue weighted by Crippen LogP contribution is 2.27. The van der Waals surface area contributed by atoms with E-state index in [1.54, 1.807) is 13.2 Å². The first-order valence-electron chi connectivity index (χ1n) is 6.81. The molecular weight excluding hydrogens is 290 g/mol. The summed E-state index contributed by atoms with van der Waals surface area (Å²) < 4.78 is 6.96. The number of anilines is 1. The summed E-state index contributed by atoms with van der Waals surface area (Å²) >= 11 is 6.03. The van der Waals surface area contributed by atoms with Crippen LogP contribution in [-0.4, -0.2) is 22.9 Å². The maximum absolute atomic E-state index is 11.7. The van der Waals surface area contributed by atoms with Crippen molar-refractivity contribution in [1.82, 2.24) is 9.78 Å². The van der Waals surface area contributed by atoms with Crippen LogP contribution in [0.1, 0.15) is 5.56 Å². The van der Waals surface area contributed by atoms with Gasteiger partial charge < -0.3 is 10.1 Å². The number of rotatable bonds is 3. The minimum atomic E-state index is -0.299. The van der Waals surface area contributed by atoms with Gasteiger partial charge in [0.1, 0.15) is 10.8 Å². The van der Waals surface area contributed by atoms with E-state index >= 15 is 0 Å². The van der Waals surface area contributed by atoms with Gasteiger partial charge in [-0.25, -0.2) is 4.68 Å². The van der Waals surface area contributed by atoms with Gasteiger partial charge in [0.15, 0.2) is 0 Å². The van der Waals surface area contributed by atoms with Gasteiger partial charge in [-0.05, 0) is 18.1 Å². The van der Waals surface area contributed by atoms with Gasteiger partial charge >= 0.3 is 0 Å². The van der Waals surface area contributed by atoms with E-state index in [1.165, 1.54) is 10.2 Å². The van der Waals surface area contributed by atoms with Gasteiger partial charge in [0, 0.05) is 19.5 Å². The molecule has 0 radical (unpaired) electrons. The summed E-state index contributed by atoms with van der Waals surface area (Å²) in [6, 6.07) is 8.05. The summed E-state index contributed by atoms with van der Waals surface area (Å²) in [5.41, 5.74) is 1.48. The zero-order valence-electron chi connectivity index (χ0n) is 11.7. The monoisotopic (exact) mass is 305 g/mol. The fourth-order valence-corrected chi connectivity index (χ4v) is 2.65. The lowest BCUT2D eigenvalue weighted by molar-refractivity contribution is 0.229. The molecule has 6 heteroatoms. The van der Waals surface area contributed by atoms with Crippen molar-refractivity contribution in [3.63, 3.8) is 0 Å². The molecule has 1 atom stereocenters. The Morgan fingerprint density at radius 3 is 3.14 bits per heavy atom. The van der Waals surface area contributed by atoms with Gasteiger partial charge in [0.2, 0.25) is 0 Å². The summed E-state index contributed by atoms with van der Waals surface area (Å²) in [6.45, 7) is 1.34. The minimum absolute atomic E-state index is 0.171. The molecular formula is C15H16ClN3O2. The van der Waals surface area contributed by atoms with Gasteiger partial charge in [-0.2, -0.15) is 5.10 Å². The van der Waals surface area contributed by atoms with Crippen LogP contribution < -0.4 is 15.6 Å². The summed E-state index contributed by atoms with van der Waals surface area (Å²) in [6.07, 6.45) is 2.51. The second-order valence-corrected chi connectivity index (χ2v) is 5.55. The highest BCUT2D eigenvalue weighted by molar-refractivity contribution is 6.32. The van der Waals surface area contributed by atoms with Crippen LogP contribution in [-0.2, 0) is 13.5 Å². The summed E-state index contributed by atoms with van der Waals surface area (Å²) in [5.74, 6) is 1.29. The zero-order chi connectivity index (χ0) is 14.8. The number of hydrogen-bond acceptors (Lipinski definition) is 4. The fraction of sp³-hybridized carbons (Fsp3) is 0.333. The summed E-state index contributed by atoms with van der Waals surface area (Å²) in [4.78, 5) is 11.7. The third-order valence-electron chi connectivity index (χ3n) is 3.62. The molecule has 1 aromatic heterocycles. The predicted octanol–water partition coefficient (Wildman–Crippen LogP) is 2.10. The van der Waals surface area contributed by atoms with Crippen LogP contribution in [0.5, 0.6) is 5.75 Å². The molecule has 0 aliphatic carbocycles. The van der Waals surface area contributed by atoms with Crippen LogP contribution in [0, 0.1) is 5.92 Å². The van der Waals surface area contributed by atoms with Crippen molar-refractivity contribution in [3.05, 3.63) is 51.4 Å². The first-order chi connectivity index (χ1) is 10.1. The number of halogens is 1. The molecule has 3 rings (SSSR count). The van der Waals surface area contributed by atoms with Gasteiger partial charge in [-0.15, -0.1) is 0 Å². The maximum Gasteiger partial charge on any atom is 0.287 e. The highest BCUT2D eigenvalue weighted by Gasteiger charge is 2.19. The van der Waals surface area contributed by atoms with E-state index in [1.807, 2.05) is 18.2 Å². The van der Waals surface area contributed by atoms with Gasteiger partial charge in [0.05, 0.1) is 18.5 Å². The minimum Gasteiger partial charge on any atom is -0.493 e. The SMILES string of the molecule is Cn1ncc(NC[C@H]2COc3ccccc3C2)c(Cl)c1=O. The molecule has 2 aromatic rings. The van der Waals surface area contributed by atoms with E-state index < -0.39 is 0 Å². The van der Waals surface area contributed by atoms with Gasteiger partial charge in [-0.3, -0.25) is 4.79 Å². The number of fused-ring (bicyclic) bond motifs is 1. The third kappa shape index (κ3) is 2.88. The van der Waals surface area contributed by atoms with E-state index in [0.717, 1.165) is 12.2 Å². The fourth-order valence-electron chi connectivity index (χ4n) is 2.41. The van der Waals surface area contributed by atoms with E-state index in [-0.39, 0.29) is 10.6 Å². The number of nitrogens with one attached hydrogen (secondary N) is 1. The Kier molecular flexibility index (Phi) is 3.84. The Morgan fingerprint density at radius 2 is 2.29 bits per heavy atom.